The van der Waals surface area contributed by atoms with Crippen LogP contribution in [0.5, 0.6) is 0 Å². The van der Waals surface area contributed by atoms with Gasteiger partial charge >= 0.3 is 0 Å². The highest BCUT2D eigenvalue weighted by atomic mass is 35.5. The van der Waals surface area contributed by atoms with E-state index >= 15 is 0 Å². The fourth-order valence-electron chi connectivity index (χ4n) is 2.44. The molecule has 2 rings (SSSR count). The maximum Gasteiger partial charge on any atom is 0.262 e. The van der Waals surface area contributed by atoms with E-state index in [1.54, 1.807) is 13.8 Å². The molecule has 1 atom stereocenters. The summed E-state index contributed by atoms with van der Waals surface area (Å²) in [6.45, 7) is 2.74. The Balaban J connectivity index is 0.00000200. The van der Waals surface area contributed by atoms with Crippen LogP contribution in [0.3, 0.4) is 0 Å². The number of carbonyl (C=O) groups excluding carboxylic acids is 1. The smallest absolute Gasteiger partial charge is 0.262 e. The van der Waals surface area contributed by atoms with Crippen molar-refractivity contribution in [1.82, 2.24) is 10.2 Å². The van der Waals surface area contributed by atoms with E-state index in [2.05, 4.69) is 5.32 Å². The summed E-state index contributed by atoms with van der Waals surface area (Å²) in [5, 5.41) is 2.50. The van der Waals surface area contributed by atoms with Crippen LogP contribution < -0.4 is 5.32 Å². The topological polar surface area (TPSA) is 66.5 Å². The van der Waals surface area contributed by atoms with E-state index in [1.807, 2.05) is 0 Å². The van der Waals surface area contributed by atoms with Gasteiger partial charge in [0.25, 0.3) is 5.92 Å². The van der Waals surface area contributed by atoms with Crippen LogP contribution in [-0.4, -0.2) is 61.3 Å². The second kappa shape index (κ2) is 5.38. The first kappa shape index (κ1) is 17.6. The van der Waals surface area contributed by atoms with Gasteiger partial charge in [-0.2, -0.15) is 0 Å². The van der Waals surface area contributed by atoms with Crippen molar-refractivity contribution in [1.29, 1.82) is 0 Å². The lowest BCUT2D eigenvalue weighted by molar-refractivity contribution is -0.134. The summed E-state index contributed by atoms with van der Waals surface area (Å²) in [6, 6.07) is -0.911. The molecule has 0 saturated carbocycles. The van der Waals surface area contributed by atoms with Gasteiger partial charge in [-0.15, -0.1) is 12.4 Å². The molecule has 2 heterocycles. The molecule has 2 aliphatic rings. The van der Waals surface area contributed by atoms with E-state index in [-0.39, 0.29) is 31.2 Å². The maximum absolute atomic E-state index is 13.1. The second-order valence-corrected chi connectivity index (χ2v) is 8.57. The van der Waals surface area contributed by atoms with Crippen molar-refractivity contribution < 1.29 is 22.0 Å². The van der Waals surface area contributed by atoms with Crippen molar-refractivity contribution in [2.24, 2.45) is 0 Å². The number of rotatable bonds is 1. The number of sulfone groups is 1. The van der Waals surface area contributed by atoms with Crippen molar-refractivity contribution in [3.05, 3.63) is 0 Å². The van der Waals surface area contributed by atoms with Gasteiger partial charge in [0.15, 0.2) is 9.84 Å². The highest BCUT2D eigenvalue weighted by molar-refractivity contribution is 7.92. The molecular formula is C11H19ClF2N2O3S. The molecule has 0 aromatic heterocycles. The Morgan fingerprint density at radius 1 is 1.35 bits per heavy atom. The van der Waals surface area contributed by atoms with Crippen LogP contribution in [0.2, 0.25) is 0 Å². The van der Waals surface area contributed by atoms with Crippen LogP contribution in [0.4, 0.5) is 8.78 Å². The Hall–Kier alpha value is -0.470. The predicted octanol–water partition coefficient (Wildman–Crippen LogP) is 0.441. The average molecular weight is 333 g/mol. The van der Waals surface area contributed by atoms with Gasteiger partial charge in [0.2, 0.25) is 5.91 Å². The molecule has 118 valence electrons. The molecule has 0 aliphatic carbocycles. The molecule has 9 heteroatoms. The summed E-state index contributed by atoms with van der Waals surface area (Å²) < 4.78 is 48.8. The molecule has 2 saturated heterocycles. The molecule has 2 fully saturated rings. The maximum atomic E-state index is 13.1. The van der Waals surface area contributed by atoms with E-state index in [9.17, 15) is 22.0 Å². The lowest BCUT2D eigenvalue weighted by Crippen LogP contribution is -2.57. The van der Waals surface area contributed by atoms with Crippen LogP contribution in [0.1, 0.15) is 20.3 Å². The molecule has 0 spiro atoms. The van der Waals surface area contributed by atoms with E-state index in [4.69, 9.17) is 0 Å². The first-order valence-electron chi connectivity index (χ1n) is 6.16. The minimum atomic E-state index is -3.24. The molecule has 2 aliphatic heterocycles. The van der Waals surface area contributed by atoms with Gasteiger partial charge in [0.05, 0.1) is 23.1 Å². The molecule has 0 bridgehead atoms. The van der Waals surface area contributed by atoms with E-state index in [0.29, 0.717) is 0 Å². The number of carbonyl (C=O) groups is 1. The Labute approximate surface area is 123 Å². The molecule has 1 N–H and O–H groups in total. The second-order valence-electron chi connectivity index (χ2n) is 5.83. The third-order valence-electron chi connectivity index (χ3n) is 3.76. The molecule has 1 unspecified atom stereocenters. The number of nitrogens with zero attached hydrogens (tertiary/aromatic N) is 1. The summed E-state index contributed by atoms with van der Waals surface area (Å²) >= 11 is 0. The average Bonchev–Trinajstić information content (AvgIpc) is 2.62. The number of alkyl halides is 2. The number of amides is 1. The highest BCUT2D eigenvalue weighted by Gasteiger charge is 2.47. The van der Waals surface area contributed by atoms with Gasteiger partial charge < -0.3 is 4.90 Å². The lowest BCUT2D eigenvalue weighted by atomic mass is 10.1. The van der Waals surface area contributed by atoms with Crippen LogP contribution in [-0.2, 0) is 14.6 Å². The number of nitrogens with one attached hydrogen (secondary N) is 1. The Morgan fingerprint density at radius 3 is 2.40 bits per heavy atom. The van der Waals surface area contributed by atoms with Crippen LogP contribution in [0, 0.1) is 0 Å². The fourth-order valence-corrected chi connectivity index (χ4v) is 3.81. The molecule has 0 aromatic carbocycles. The van der Waals surface area contributed by atoms with Gasteiger partial charge in [-0.3, -0.25) is 10.1 Å². The molecule has 20 heavy (non-hydrogen) atoms. The Kier molecular flexibility index (Phi) is 4.73. The van der Waals surface area contributed by atoms with Crippen molar-refractivity contribution in [3.63, 3.8) is 0 Å². The molecule has 1 amide bonds. The van der Waals surface area contributed by atoms with Crippen molar-refractivity contribution >= 4 is 28.2 Å². The minimum Gasteiger partial charge on any atom is -0.339 e. The first-order chi connectivity index (χ1) is 8.54. The highest BCUT2D eigenvalue weighted by Crippen LogP contribution is 2.28. The first-order valence-corrected chi connectivity index (χ1v) is 7.82. The minimum absolute atomic E-state index is 0. The zero-order chi connectivity index (χ0) is 14.5. The quantitative estimate of drug-likeness (QED) is 0.757. The number of hydrogen-bond donors (Lipinski definition) is 1. The summed E-state index contributed by atoms with van der Waals surface area (Å²) in [5.74, 6) is -3.41. The third kappa shape index (κ3) is 3.23. The summed E-state index contributed by atoms with van der Waals surface area (Å²) in [7, 11) is -3.24. The third-order valence-corrected chi connectivity index (χ3v) is 6.30. The van der Waals surface area contributed by atoms with Gasteiger partial charge in [0, 0.05) is 19.5 Å². The van der Waals surface area contributed by atoms with Crippen molar-refractivity contribution in [3.8, 4) is 0 Å². The molecule has 0 aromatic rings. The van der Waals surface area contributed by atoms with Crippen LogP contribution in [0.15, 0.2) is 0 Å². The Morgan fingerprint density at radius 2 is 1.95 bits per heavy atom. The van der Waals surface area contributed by atoms with Gasteiger partial charge in [-0.25, -0.2) is 17.2 Å². The van der Waals surface area contributed by atoms with Crippen molar-refractivity contribution in [2.75, 3.05) is 25.4 Å². The zero-order valence-corrected chi connectivity index (χ0v) is 13.0. The normalized spacial score (nSPS) is 30.6. The van der Waals surface area contributed by atoms with E-state index in [0.717, 1.165) is 0 Å². The van der Waals surface area contributed by atoms with E-state index < -0.39 is 45.4 Å². The molecular weight excluding hydrogens is 314 g/mol. The SMILES string of the molecule is CC1(C)CN(C(=O)C2CC(F)(F)CN2)CCS1(=O)=O.Cl. The van der Waals surface area contributed by atoms with Gasteiger partial charge in [0.1, 0.15) is 0 Å². The Bertz CT molecular complexity index is 496. The summed E-state index contributed by atoms with van der Waals surface area (Å²) in [6.07, 6.45) is -0.518. The number of halogens is 3. The van der Waals surface area contributed by atoms with Crippen molar-refractivity contribution in [2.45, 2.75) is 37.0 Å². The zero-order valence-electron chi connectivity index (χ0n) is 11.4. The van der Waals surface area contributed by atoms with Gasteiger partial charge in [-0.05, 0) is 13.8 Å². The standard InChI is InChI=1S/C11H18F2N2O3S.ClH/c1-10(2)7-15(3-4-19(10,17)18)9(16)8-5-11(12,13)6-14-8;/h8,14H,3-7H2,1-2H3;1H. The fraction of sp³-hybridized carbons (Fsp3) is 0.909. The summed E-state index contributed by atoms with van der Waals surface area (Å²) in [5.41, 5.74) is 0. The van der Waals surface area contributed by atoms with Crippen LogP contribution >= 0.6 is 12.4 Å². The summed E-state index contributed by atoms with van der Waals surface area (Å²) in [4.78, 5) is 13.5. The lowest BCUT2D eigenvalue weighted by Gasteiger charge is -2.38. The van der Waals surface area contributed by atoms with E-state index in [1.165, 1.54) is 4.90 Å². The van der Waals surface area contributed by atoms with Crippen LogP contribution in [0.25, 0.3) is 0 Å². The molecule has 0 radical (unpaired) electrons. The monoisotopic (exact) mass is 332 g/mol. The largest absolute Gasteiger partial charge is 0.339 e. The number of hydrogen-bond acceptors (Lipinski definition) is 4. The molecule has 5 nitrogen and oxygen atoms in total. The predicted molar refractivity (Wildman–Crippen MR) is 73.0 cm³/mol. The van der Waals surface area contributed by atoms with Gasteiger partial charge in [-0.1, -0.05) is 0 Å².